The first-order valence-electron chi connectivity index (χ1n) is 7.30. The fourth-order valence-electron chi connectivity index (χ4n) is 2.99. The van der Waals surface area contributed by atoms with Crippen LogP contribution in [0.3, 0.4) is 0 Å². The highest BCUT2D eigenvalue weighted by atomic mass is 35.5. The van der Waals surface area contributed by atoms with E-state index in [9.17, 15) is 0 Å². The number of ether oxygens (including phenoxy) is 1. The first kappa shape index (κ1) is 20.5. The summed E-state index contributed by atoms with van der Waals surface area (Å²) in [5.41, 5.74) is 2.83. The number of aryl methyl sites for hydroxylation is 1. The van der Waals surface area contributed by atoms with Crippen LogP contribution in [0.2, 0.25) is 0 Å². The lowest BCUT2D eigenvalue weighted by atomic mass is 9.86. The van der Waals surface area contributed by atoms with E-state index in [4.69, 9.17) is 4.74 Å². The highest BCUT2D eigenvalue weighted by Gasteiger charge is 2.23. The fraction of sp³-hybridized carbons (Fsp3) is 0.625. The minimum Gasteiger partial charge on any atom is -0.496 e. The molecular formula is C16H28Cl2N2O. The van der Waals surface area contributed by atoms with Crippen LogP contribution in [0.5, 0.6) is 5.75 Å². The molecule has 122 valence electrons. The van der Waals surface area contributed by atoms with Gasteiger partial charge in [-0.15, -0.1) is 24.8 Å². The second kappa shape index (κ2) is 10.3. The highest BCUT2D eigenvalue weighted by Crippen LogP contribution is 2.36. The molecule has 1 aromatic rings. The summed E-state index contributed by atoms with van der Waals surface area (Å²) in [6.07, 6.45) is 3.65. The van der Waals surface area contributed by atoms with Crippen molar-refractivity contribution in [2.45, 2.75) is 32.2 Å². The van der Waals surface area contributed by atoms with Gasteiger partial charge in [0.05, 0.1) is 7.11 Å². The number of benzene rings is 1. The molecule has 0 aromatic heterocycles. The maximum absolute atomic E-state index is 5.54. The Kier molecular flexibility index (Phi) is 10.0. The standard InChI is InChI=1S/C16H26N2O.2ClH/c1-12(10-17-2)11-18-14-8-4-6-13-7-5-9-15(19-3)16(13)14;;/h5,7,9,12,14,17-18H,4,6,8,10-11H2,1-3H3;2*1H. The molecule has 0 bridgehead atoms. The molecule has 0 saturated carbocycles. The van der Waals surface area contributed by atoms with Crippen molar-refractivity contribution in [2.75, 3.05) is 27.2 Å². The molecule has 2 rings (SSSR count). The molecule has 0 heterocycles. The predicted octanol–water partition coefficient (Wildman–Crippen LogP) is 3.36. The summed E-state index contributed by atoms with van der Waals surface area (Å²) >= 11 is 0. The van der Waals surface area contributed by atoms with Gasteiger partial charge in [0.2, 0.25) is 0 Å². The van der Waals surface area contributed by atoms with Gasteiger partial charge in [-0.25, -0.2) is 0 Å². The van der Waals surface area contributed by atoms with E-state index in [-0.39, 0.29) is 24.8 Å². The Morgan fingerprint density at radius 1 is 1.29 bits per heavy atom. The van der Waals surface area contributed by atoms with Crippen molar-refractivity contribution >= 4 is 24.8 Å². The van der Waals surface area contributed by atoms with Gasteiger partial charge in [0.15, 0.2) is 0 Å². The van der Waals surface area contributed by atoms with E-state index in [1.165, 1.54) is 30.4 Å². The number of nitrogens with one attached hydrogen (secondary N) is 2. The lowest BCUT2D eigenvalue weighted by Gasteiger charge is -2.29. The molecule has 21 heavy (non-hydrogen) atoms. The molecule has 3 nitrogen and oxygen atoms in total. The molecule has 0 fully saturated rings. The number of methoxy groups -OCH3 is 1. The average molecular weight is 335 g/mol. The van der Waals surface area contributed by atoms with Crippen molar-refractivity contribution in [2.24, 2.45) is 5.92 Å². The molecule has 2 unspecified atom stereocenters. The van der Waals surface area contributed by atoms with Crippen LogP contribution in [0.4, 0.5) is 0 Å². The molecule has 1 aliphatic carbocycles. The van der Waals surface area contributed by atoms with Gasteiger partial charge in [-0.2, -0.15) is 0 Å². The SMILES string of the molecule is CNCC(C)CNC1CCCc2cccc(OC)c21.Cl.Cl. The Hall–Kier alpha value is -0.480. The molecule has 0 saturated heterocycles. The normalized spacial score (nSPS) is 18.0. The van der Waals surface area contributed by atoms with Gasteiger partial charge in [-0.05, 0) is 56.9 Å². The fourth-order valence-corrected chi connectivity index (χ4v) is 2.99. The zero-order chi connectivity index (χ0) is 13.7. The van der Waals surface area contributed by atoms with Gasteiger partial charge in [0.1, 0.15) is 5.75 Å². The number of hydrogen-bond acceptors (Lipinski definition) is 3. The second-order valence-electron chi connectivity index (χ2n) is 5.55. The number of fused-ring (bicyclic) bond motifs is 1. The third kappa shape index (κ3) is 5.33. The van der Waals surface area contributed by atoms with Crippen LogP contribution in [0.15, 0.2) is 18.2 Å². The molecule has 5 heteroatoms. The van der Waals surface area contributed by atoms with Crippen LogP contribution in [-0.2, 0) is 6.42 Å². The van der Waals surface area contributed by atoms with Crippen LogP contribution in [0.25, 0.3) is 0 Å². The van der Waals surface area contributed by atoms with E-state index in [2.05, 4.69) is 35.8 Å². The molecule has 0 aliphatic heterocycles. The van der Waals surface area contributed by atoms with Crippen molar-refractivity contribution in [3.8, 4) is 5.75 Å². The lowest BCUT2D eigenvalue weighted by Crippen LogP contribution is -2.32. The summed E-state index contributed by atoms with van der Waals surface area (Å²) in [4.78, 5) is 0. The lowest BCUT2D eigenvalue weighted by molar-refractivity contribution is 0.371. The second-order valence-corrected chi connectivity index (χ2v) is 5.55. The molecule has 0 spiro atoms. The van der Waals surface area contributed by atoms with Gasteiger partial charge < -0.3 is 15.4 Å². The molecule has 0 radical (unpaired) electrons. The molecule has 0 amide bonds. The molecule has 2 N–H and O–H groups in total. The van der Waals surface area contributed by atoms with Crippen molar-refractivity contribution in [1.29, 1.82) is 0 Å². The third-order valence-corrected chi connectivity index (χ3v) is 3.93. The van der Waals surface area contributed by atoms with E-state index in [0.29, 0.717) is 12.0 Å². The van der Waals surface area contributed by atoms with Gasteiger partial charge in [-0.3, -0.25) is 0 Å². The number of halogens is 2. The van der Waals surface area contributed by atoms with E-state index < -0.39 is 0 Å². The van der Waals surface area contributed by atoms with Crippen LogP contribution in [0, 0.1) is 5.92 Å². The summed E-state index contributed by atoms with van der Waals surface area (Å²) in [7, 11) is 3.78. The van der Waals surface area contributed by atoms with Crippen LogP contribution in [-0.4, -0.2) is 27.2 Å². The highest BCUT2D eigenvalue weighted by molar-refractivity contribution is 5.85. The van der Waals surface area contributed by atoms with Crippen LogP contribution < -0.4 is 15.4 Å². The minimum absolute atomic E-state index is 0. The summed E-state index contributed by atoms with van der Waals surface area (Å²) < 4.78 is 5.54. The van der Waals surface area contributed by atoms with Gasteiger partial charge in [-0.1, -0.05) is 19.1 Å². The maximum Gasteiger partial charge on any atom is 0.123 e. The Morgan fingerprint density at radius 2 is 2.05 bits per heavy atom. The van der Waals surface area contributed by atoms with Gasteiger partial charge >= 0.3 is 0 Å². The molecule has 1 aliphatic rings. The smallest absolute Gasteiger partial charge is 0.123 e. The zero-order valence-corrected chi connectivity index (χ0v) is 14.8. The Labute approximate surface area is 141 Å². The summed E-state index contributed by atoms with van der Waals surface area (Å²) in [5.74, 6) is 1.68. The van der Waals surface area contributed by atoms with E-state index in [1.54, 1.807) is 7.11 Å². The third-order valence-electron chi connectivity index (χ3n) is 3.93. The van der Waals surface area contributed by atoms with Crippen LogP contribution >= 0.6 is 24.8 Å². The average Bonchev–Trinajstić information content (AvgIpc) is 2.44. The van der Waals surface area contributed by atoms with Gasteiger partial charge in [0.25, 0.3) is 0 Å². The number of hydrogen-bond donors (Lipinski definition) is 2. The zero-order valence-electron chi connectivity index (χ0n) is 13.1. The molecule has 2 atom stereocenters. The van der Waals surface area contributed by atoms with E-state index >= 15 is 0 Å². The van der Waals surface area contributed by atoms with E-state index in [1.807, 2.05) is 7.05 Å². The number of rotatable bonds is 6. The minimum atomic E-state index is 0. The van der Waals surface area contributed by atoms with Crippen LogP contribution in [0.1, 0.15) is 36.9 Å². The summed E-state index contributed by atoms with van der Waals surface area (Å²) in [5, 5.41) is 6.95. The quantitative estimate of drug-likeness (QED) is 0.836. The summed E-state index contributed by atoms with van der Waals surface area (Å²) in [6, 6.07) is 6.86. The maximum atomic E-state index is 5.54. The Morgan fingerprint density at radius 3 is 2.71 bits per heavy atom. The Bertz CT molecular complexity index is 401. The first-order chi connectivity index (χ1) is 9.26. The summed E-state index contributed by atoms with van der Waals surface area (Å²) in [6.45, 7) is 4.37. The predicted molar refractivity (Wildman–Crippen MR) is 94.3 cm³/mol. The van der Waals surface area contributed by atoms with Crippen molar-refractivity contribution in [1.82, 2.24) is 10.6 Å². The largest absolute Gasteiger partial charge is 0.496 e. The Balaban J connectivity index is 0.00000200. The molecule has 1 aromatic carbocycles. The monoisotopic (exact) mass is 334 g/mol. The van der Waals surface area contributed by atoms with E-state index in [0.717, 1.165) is 18.8 Å². The van der Waals surface area contributed by atoms with Gasteiger partial charge in [0, 0.05) is 11.6 Å². The topological polar surface area (TPSA) is 33.3 Å². The van der Waals surface area contributed by atoms with Crippen molar-refractivity contribution in [3.63, 3.8) is 0 Å². The first-order valence-corrected chi connectivity index (χ1v) is 7.30. The molecular weight excluding hydrogens is 307 g/mol. The van der Waals surface area contributed by atoms with Crippen molar-refractivity contribution in [3.05, 3.63) is 29.3 Å². The van der Waals surface area contributed by atoms with Crippen molar-refractivity contribution < 1.29 is 4.74 Å².